The van der Waals surface area contributed by atoms with E-state index in [4.69, 9.17) is 0 Å². The Morgan fingerprint density at radius 1 is 1.05 bits per heavy atom. The van der Waals surface area contributed by atoms with E-state index in [1.54, 1.807) is 11.3 Å². The Hall–Kier alpha value is -1.09. The SMILES string of the molecule is CCCCCCCCCNc1ccc2ncsc2c1. The van der Waals surface area contributed by atoms with Gasteiger partial charge in [0.05, 0.1) is 15.7 Å². The molecule has 3 heteroatoms. The molecule has 0 saturated heterocycles. The van der Waals surface area contributed by atoms with Gasteiger partial charge in [0.25, 0.3) is 0 Å². The van der Waals surface area contributed by atoms with Crippen molar-refractivity contribution in [2.24, 2.45) is 0 Å². The molecule has 1 N–H and O–H groups in total. The van der Waals surface area contributed by atoms with Gasteiger partial charge < -0.3 is 5.32 Å². The van der Waals surface area contributed by atoms with E-state index in [1.165, 1.54) is 55.3 Å². The maximum atomic E-state index is 4.30. The van der Waals surface area contributed by atoms with Crippen molar-refractivity contribution >= 4 is 27.2 Å². The molecule has 0 aliphatic rings. The van der Waals surface area contributed by atoms with Gasteiger partial charge in [-0.05, 0) is 24.6 Å². The van der Waals surface area contributed by atoms with Crippen molar-refractivity contribution in [1.82, 2.24) is 4.98 Å². The van der Waals surface area contributed by atoms with Gasteiger partial charge in [0.1, 0.15) is 0 Å². The molecular formula is C16H24N2S. The van der Waals surface area contributed by atoms with Crippen molar-refractivity contribution in [3.8, 4) is 0 Å². The third-order valence-corrected chi connectivity index (χ3v) is 4.23. The van der Waals surface area contributed by atoms with E-state index >= 15 is 0 Å². The monoisotopic (exact) mass is 276 g/mol. The average Bonchev–Trinajstić information content (AvgIpc) is 2.89. The second-order valence-corrected chi connectivity index (χ2v) is 5.97. The normalized spacial score (nSPS) is 11.0. The van der Waals surface area contributed by atoms with Gasteiger partial charge >= 0.3 is 0 Å². The van der Waals surface area contributed by atoms with Crippen LogP contribution in [-0.4, -0.2) is 11.5 Å². The van der Waals surface area contributed by atoms with Gasteiger partial charge in [-0.3, -0.25) is 0 Å². The van der Waals surface area contributed by atoms with Crippen molar-refractivity contribution in [2.75, 3.05) is 11.9 Å². The predicted molar refractivity (Wildman–Crippen MR) is 86.1 cm³/mol. The molecule has 1 aromatic heterocycles. The van der Waals surface area contributed by atoms with Crippen LogP contribution >= 0.6 is 11.3 Å². The number of unbranched alkanes of at least 4 members (excludes halogenated alkanes) is 6. The quantitative estimate of drug-likeness (QED) is 0.615. The van der Waals surface area contributed by atoms with E-state index in [9.17, 15) is 0 Å². The Morgan fingerprint density at radius 2 is 1.84 bits per heavy atom. The van der Waals surface area contributed by atoms with Crippen LogP contribution in [0.3, 0.4) is 0 Å². The minimum atomic E-state index is 1.08. The molecule has 0 unspecified atom stereocenters. The molecule has 0 radical (unpaired) electrons. The Labute approximate surface area is 120 Å². The molecule has 0 spiro atoms. The number of benzene rings is 1. The van der Waals surface area contributed by atoms with E-state index < -0.39 is 0 Å². The van der Waals surface area contributed by atoms with Crippen molar-refractivity contribution in [3.05, 3.63) is 23.7 Å². The molecule has 0 aliphatic carbocycles. The molecule has 104 valence electrons. The number of hydrogen-bond acceptors (Lipinski definition) is 3. The summed E-state index contributed by atoms with van der Waals surface area (Å²) in [5.74, 6) is 0. The first-order valence-corrected chi connectivity index (χ1v) is 8.35. The van der Waals surface area contributed by atoms with Gasteiger partial charge in [0.15, 0.2) is 0 Å². The number of anilines is 1. The van der Waals surface area contributed by atoms with Crippen LogP contribution in [0, 0.1) is 0 Å². The van der Waals surface area contributed by atoms with Crippen LogP contribution in [0.15, 0.2) is 23.7 Å². The molecule has 1 aromatic carbocycles. The van der Waals surface area contributed by atoms with Gasteiger partial charge in [-0.1, -0.05) is 45.4 Å². The van der Waals surface area contributed by atoms with Crippen molar-refractivity contribution in [3.63, 3.8) is 0 Å². The summed E-state index contributed by atoms with van der Waals surface area (Å²) in [6.45, 7) is 3.35. The Bertz CT molecular complexity index is 478. The summed E-state index contributed by atoms with van der Waals surface area (Å²) in [6.07, 6.45) is 9.54. The van der Waals surface area contributed by atoms with Gasteiger partial charge in [-0.25, -0.2) is 4.98 Å². The lowest BCUT2D eigenvalue weighted by molar-refractivity contribution is 0.596. The third kappa shape index (κ3) is 4.83. The first-order valence-electron chi connectivity index (χ1n) is 7.47. The Balaban J connectivity index is 1.60. The second-order valence-electron chi connectivity index (χ2n) is 5.08. The van der Waals surface area contributed by atoms with Crippen LogP contribution in [0.2, 0.25) is 0 Å². The van der Waals surface area contributed by atoms with Crippen molar-refractivity contribution < 1.29 is 0 Å². The zero-order valence-corrected chi connectivity index (χ0v) is 12.6. The molecule has 0 aliphatic heterocycles. The summed E-state index contributed by atoms with van der Waals surface area (Å²) in [5, 5.41) is 3.51. The summed E-state index contributed by atoms with van der Waals surface area (Å²) in [5.41, 5.74) is 4.24. The number of nitrogens with zero attached hydrogens (tertiary/aromatic N) is 1. The zero-order chi connectivity index (χ0) is 13.3. The number of nitrogens with one attached hydrogen (secondary N) is 1. The highest BCUT2D eigenvalue weighted by Crippen LogP contribution is 2.21. The van der Waals surface area contributed by atoms with Gasteiger partial charge in [-0.15, -0.1) is 11.3 Å². The molecule has 1 heterocycles. The van der Waals surface area contributed by atoms with E-state index in [2.05, 4.69) is 35.4 Å². The maximum Gasteiger partial charge on any atom is 0.0813 e. The molecule has 0 atom stereocenters. The van der Waals surface area contributed by atoms with Crippen LogP contribution in [0.1, 0.15) is 51.9 Å². The van der Waals surface area contributed by atoms with Crippen molar-refractivity contribution in [1.29, 1.82) is 0 Å². The summed E-state index contributed by atoms with van der Waals surface area (Å²) in [6, 6.07) is 6.43. The lowest BCUT2D eigenvalue weighted by Crippen LogP contribution is -2.00. The van der Waals surface area contributed by atoms with Gasteiger partial charge in [0.2, 0.25) is 0 Å². The molecule has 0 bridgehead atoms. The molecule has 0 fully saturated rings. The topological polar surface area (TPSA) is 24.9 Å². The highest BCUT2D eigenvalue weighted by Gasteiger charge is 1.98. The molecule has 19 heavy (non-hydrogen) atoms. The van der Waals surface area contributed by atoms with Crippen LogP contribution in [0.25, 0.3) is 10.2 Å². The number of aromatic nitrogens is 1. The fourth-order valence-corrected chi connectivity index (χ4v) is 3.00. The zero-order valence-electron chi connectivity index (χ0n) is 11.8. The maximum absolute atomic E-state index is 4.30. The number of thiazole rings is 1. The molecule has 0 amide bonds. The highest BCUT2D eigenvalue weighted by atomic mass is 32.1. The summed E-state index contributed by atoms with van der Waals surface area (Å²) in [4.78, 5) is 4.30. The number of fused-ring (bicyclic) bond motifs is 1. The lowest BCUT2D eigenvalue weighted by Gasteiger charge is -2.06. The van der Waals surface area contributed by atoms with Gasteiger partial charge in [-0.2, -0.15) is 0 Å². The molecule has 2 rings (SSSR count). The summed E-state index contributed by atoms with van der Waals surface area (Å²) < 4.78 is 1.27. The average molecular weight is 276 g/mol. The molecule has 0 saturated carbocycles. The van der Waals surface area contributed by atoms with Crippen molar-refractivity contribution in [2.45, 2.75) is 51.9 Å². The minimum absolute atomic E-state index is 1.08. The fourth-order valence-electron chi connectivity index (χ4n) is 2.28. The minimum Gasteiger partial charge on any atom is -0.385 e. The van der Waals surface area contributed by atoms with Crippen LogP contribution < -0.4 is 5.32 Å². The Kier molecular flexibility index (Phi) is 6.15. The summed E-state index contributed by atoms with van der Waals surface area (Å²) >= 11 is 1.71. The van der Waals surface area contributed by atoms with E-state index in [0.717, 1.165) is 12.1 Å². The fraction of sp³-hybridized carbons (Fsp3) is 0.562. The van der Waals surface area contributed by atoms with E-state index in [-0.39, 0.29) is 0 Å². The standard InChI is InChI=1S/C16H24N2S/c1-2-3-4-5-6-7-8-11-17-14-9-10-15-16(12-14)19-13-18-15/h9-10,12-13,17H,2-8,11H2,1H3. The van der Waals surface area contributed by atoms with Crippen LogP contribution in [0.4, 0.5) is 5.69 Å². The van der Waals surface area contributed by atoms with Crippen LogP contribution in [0.5, 0.6) is 0 Å². The van der Waals surface area contributed by atoms with E-state index in [1.807, 2.05) is 5.51 Å². The largest absolute Gasteiger partial charge is 0.385 e. The first-order chi connectivity index (χ1) is 9.40. The first kappa shape index (κ1) is 14.3. The molecular weight excluding hydrogens is 252 g/mol. The Morgan fingerprint density at radius 3 is 2.68 bits per heavy atom. The van der Waals surface area contributed by atoms with E-state index in [0.29, 0.717) is 0 Å². The molecule has 2 aromatic rings. The predicted octanol–water partition coefficient (Wildman–Crippen LogP) is 5.46. The third-order valence-electron chi connectivity index (χ3n) is 3.44. The second kappa shape index (κ2) is 8.16. The lowest BCUT2D eigenvalue weighted by atomic mass is 10.1. The molecule has 2 nitrogen and oxygen atoms in total. The number of hydrogen-bond donors (Lipinski definition) is 1. The highest BCUT2D eigenvalue weighted by molar-refractivity contribution is 7.16. The van der Waals surface area contributed by atoms with Gasteiger partial charge in [0, 0.05) is 12.2 Å². The number of rotatable bonds is 9. The summed E-state index contributed by atoms with van der Waals surface area (Å²) in [7, 11) is 0. The smallest absolute Gasteiger partial charge is 0.0813 e. The van der Waals surface area contributed by atoms with Crippen LogP contribution in [-0.2, 0) is 0 Å².